The molecule has 1 amide bonds. The SMILES string of the molecule is COc1cc(NC(=O)Cn2cnc3c(-c4ccc(F)cc4)csc3c2=O)cc(OC)c1OC. The smallest absolute Gasteiger partial charge is 0.271 e. The number of thiophene rings is 1. The molecule has 4 aromatic rings. The minimum atomic E-state index is -0.428. The molecule has 33 heavy (non-hydrogen) atoms. The molecule has 2 aromatic heterocycles. The Kier molecular flexibility index (Phi) is 6.27. The van der Waals surface area contributed by atoms with E-state index in [1.165, 1.54) is 55.7 Å². The third-order valence-corrected chi connectivity index (χ3v) is 5.92. The topological polar surface area (TPSA) is 91.7 Å². The van der Waals surface area contributed by atoms with E-state index in [1.54, 1.807) is 29.6 Å². The molecule has 0 aliphatic heterocycles. The van der Waals surface area contributed by atoms with Crippen LogP contribution < -0.4 is 25.1 Å². The minimum absolute atomic E-state index is 0.234. The number of carbonyl (C=O) groups excluding carboxylic acids is 1. The number of benzene rings is 2. The van der Waals surface area contributed by atoms with Crippen LogP contribution in [0.4, 0.5) is 10.1 Å². The van der Waals surface area contributed by atoms with Crippen LogP contribution in [0, 0.1) is 5.82 Å². The van der Waals surface area contributed by atoms with Crippen LogP contribution in [0.3, 0.4) is 0 Å². The van der Waals surface area contributed by atoms with E-state index in [1.807, 2.05) is 0 Å². The van der Waals surface area contributed by atoms with Gasteiger partial charge in [-0.15, -0.1) is 11.3 Å². The van der Waals surface area contributed by atoms with E-state index in [4.69, 9.17) is 14.2 Å². The quantitative estimate of drug-likeness (QED) is 0.441. The van der Waals surface area contributed by atoms with Crippen LogP contribution in [0.5, 0.6) is 17.2 Å². The normalized spacial score (nSPS) is 10.8. The molecule has 10 heteroatoms. The Morgan fingerprint density at radius 3 is 2.36 bits per heavy atom. The highest BCUT2D eigenvalue weighted by Gasteiger charge is 2.17. The summed E-state index contributed by atoms with van der Waals surface area (Å²) >= 11 is 1.23. The van der Waals surface area contributed by atoms with Crippen molar-refractivity contribution in [2.75, 3.05) is 26.6 Å². The fraction of sp³-hybridized carbons (Fsp3) is 0.174. The second-order valence-electron chi connectivity index (χ2n) is 6.97. The molecule has 0 aliphatic carbocycles. The fourth-order valence-electron chi connectivity index (χ4n) is 3.40. The van der Waals surface area contributed by atoms with Crippen molar-refractivity contribution < 1.29 is 23.4 Å². The molecule has 0 bridgehead atoms. The maximum atomic E-state index is 13.2. The first kappa shape index (κ1) is 22.3. The lowest BCUT2D eigenvalue weighted by Crippen LogP contribution is -2.27. The van der Waals surface area contributed by atoms with Gasteiger partial charge in [0, 0.05) is 28.8 Å². The highest BCUT2D eigenvalue weighted by Crippen LogP contribution is 2.40. The zero-order valence-corrected chi connectivity index (χ0v) is 18.9. The number of hydrogen-bond acceptors (Lipinski definition) is 7. The lowest BCUT2D eigenvalue weighted by Gasteiger charge is -2.14. The fourth-order valence-corrected chi connectivity index (χ4v) is 4.37. The van der Waals surface area contributed by atoms with Crippen molar-refractivity contribution in [3.63, 3.8) is 0 Å². The van der Waals surface area contributed by atoms with Gasteiger partial charge in [0.1, 0.15) is 17.1 Å². The van der Waals surface area contributed by atoms with Crippen molar-refractivity contribution in [3.8, 4) is 28.4 Å². The van der Waals surface area contributed by atoms with Gasteiger partial charge in [0.05, 0.1) is 33.2 Å². The Labute approximate surface area is 192 Å². The first-order valence-electron chi connectivity index (χ1n) is 9.77. The van der Waals surface area contributed by atoms with Crippen LogP contribution >= 0.6 is 11.3 Å². The molecule has 170 valence electrons. The van der Waals surface area contributed by atoms with Crippen molar-refractivity contribution in [1.82, 2.24) is 9.55 Å². The molecule has 0 fully saturated rings. The summed E-state index contributed by atoms with van der Waals surface area (Å²) in [6.07, 6.45) is 1.33. The molecule has 4 rings (SSSR count). The largest absolute Gasteiger partial charge is 0.493 e. The lowest BCUT2D eigenvalue weighted by molar-refractivity contribution is -0.116. The number of fused-ring (bicyclic) bond motifs is 1. The third-order valence-electron chi connectivity index (χ3n) is 4.96. The van der Waals surface area contributed by atoms with E-state index < -0.39 is 5.91 Å². The van der Waals surface area contributed by atoms with Gasteiger partial charge in [-0.3, -0.25) is 14.2 Å². The van der Waals surface area contributed by atoms with E-state index in [0.717, 1.165) is 11.1 Å². The van der Waals surface area contributed by atoms with Crippen molar-refractivity contribution in [1.29, 1.82) is 0 Å². The van der Waals surface area contributed by atoms with E-state index in [0.29, 0.717) is 33.2 Å². The van der Waals surface area contributed by atoms with Crippen LogP contribution in [0.1, 0.15) is 0 Å². The highest BCUT2D eigenvalue weighted by atomic mass is 32.1. The maximum Gasteiger partial charge on any atom is 0.271 e. The predicted octanol–water partition coefficient (Wildman–Crippen LogP) is 3.93. The predicted molar refractivity (Wildman–Crippen MR) is 124 cm³/mol. The average Bonchev–Trinajstić information content (AvgIpc) is 3.25. The van der Waals surface area contributed by atoms with Crippen molar-refractivity contribution >= 4 is 33.1 Å². The molecule has 0 saturated heterocycles. The Morgan fingerprint density at radius 2 is 1.76 bits per heavy atom. The lowest BCUT2D eigenvalue weighted by atomic mass is 10.1. The molecule has 8 nitrogen and oxygen atoms in total. The summed E-state index contributed by atoms with van der Waals surface area (Å²) in [5.74, 6) is 0.409. The van der Waals surface area contributed by atoms with E-state index in [2.05, 4.69) is 10.3 Å². The Balaban J connectivity index is 1.58. The summed E-state index contributed by atoms with van der Waals surface area (Å²) in [6.45, 7) is -0.234. The van der Waals surface area contributed by atoms with Crippen molar-refractivity contribution in [2.45, 2.75) is 6.54 Å². The number of amides is 1. The first-order valence-corrected chi connectivity index (χ1v) is 10.7. The van der Waals surface area contributed by atoms with E-state index >= 15 is 0 Å². The van der Waals surface area contributed by atoms with Gasteiger partial charge in [0.2, 0.25) is 11.7 Å². The molecule has 0 unspecified atom stereocenters. The average molecular weight is 469 g/mol. The second kappa shape index (κ2) is 9.29. The molecular formula is C23H20FN3O5S. The summed E-state index contributed by atoms with van der Waals surface area (Å²) in [4.78, 5) is 30.0. The Bertz CT molecular complexity index is 1360. The number of aromatic nitrogens is 2. The van der Waals surface area contributed by atoms with E-state index in [-0.39, 0.29) is 17.9 Å². The van der Waals surface area contributed by atoms with Gasteiger partial charge in [0.15, 0.2) is 11.5 Å². The summed E-state index contributed by atoms with van der Waals surface area (Å²) < 4.78 is 30.7. The molecule has 0 radical (unpaired) electrons. The number of methoxy groups -OCH3 is 3. The van der Waals surface area contributed by atoms with Crippen LogP contribution in [0.2, 0.25) is 0 Å². The van der Waals surface area contributed by atoms with Crippen LogP contribution in [-0.2, 0) is 11.3 Å². The van der Waals surface area contributed by atoms with Crippen molar-refractivity contribution in [2.24, 2.45) is 0 Å². The third kappa shape index (κ3) is 4.37. The van der Waals surface area contributed by atoms with Gasteiger partial charge in [-0.2, -0.15) is 0 Å². The highest BCUT2D eigenvalue weighted by molar-refractivity contribution is 7.17. The van der Waals surface area contributed by atoms with Gasteiger partial charge >= 0.3 is 0 Å². The number of halogens is 1. The Hall–Kier alpha value is -3.92. The second-order valence-corrected chi connectivity index (χ2v) is 7.85. The van der Waals surface area contributed by atoms with Crippen molar-refractivity contribution in [3.05, 3.63) is 64.3 Å². The number of anilines is 1. The van der Waals surface area contributed by atoms with Crippen LogP contribution in [0.25, 0.3) is 21.3 Å². The number of rotatable bonds is 7. The standard InChI is InChI=1S/C23H20FN3O5S/c1-30-17-8-15(9-18(31-2)21(17)32-3)26-19(28)10-27-12-25-20-16(11-33-22(20)23(27)29)13-4-6-14(24)7-5-13/h4-9,11-12H,10H2,1-3H3,(H,26,28). The molecule has 1 N–H and O–H groups in total. The molecule has 2 aromatic carbocycles. The number of hydrogen-bond donors (Lipinski definition) is 1. The summed E-state index contributed by atoms with van der Waals surface area (Å²) in [5.41, 5.74) is 2.09. The molecule has 0 saturated carbocycles. The Morgan fingerprint density at radius 1 is 1.09 bits per heavy atom. The van der Waals surface area contributed by atoms with Gasteiger partial charge in [-0.1, -0.05) is 12.1 Å². The zero-order chi connectivity index (χ0) is 23.5. The van der Waals surface area contributed by atoms with Crippen LogP contribution in [-0.4, -0.2) is 36.8 Å². The molecule has 0 spiro atoms. The molecule has 0 aliphatic rings. The summed E-state index contributed by atoms with van der Waals surface area (Å²) in [7, 11) is 4.44. The number of nitrogens with zero attached hydrogens (tertiary/aromatic N) is 2. The molecular weight excluding hydrogens is 449 g/mol. The van der Waals surface area contributed by atoms with Gasteiger partial charge in [0.25, 0.3) is 5.56 Å². The number of carbonyl (C=O) groups is 1. The number of ether oxygens (including phenoxy) is 3. The van der Waals surface area contributed by atoms with E-state index in [9.17, 15) is 14.0 Å². The molecule has 2 heterocycles. The van der Waals surface area contributed by atoms with Crippen LogP contribution in [0.15, 0.2) is 52.9 Å². The van der Waals surface area contributed by atoms with Gasteiger partial charge < -0.3 is 19.5 Å². The first-order chi connectivity index (χ1) is 15.9. The minimum Gasteiger partial charge on any atom is -0.493 e. The summed E-state index contributed by atoms with van der Waals surface area (Å²) in [6, 6.07) is 9.17. The van der Waals surface area contributed by atoms with Gasteiger partial charge in [-0.25, -0.2) is 9.37 Å². The summed E-state index contributed by atoms with van der Waals surface area (Å²) in [5, 5.41) is 4.53. The van der Waals surface area contributed by atoms with Gasteiger partial charge in [-0.05, 0) is 17.7 Å². The monoisotopic (exact) mass is 469 g/mol. The number of nitrogens with one attached hydrogen (secondary N) is 1. The zero-order valence-electron chi connectivity index (χ0n) is 18.0. The molecule has 0 atom stereocenters. The maximum absolute atomic E-state index is 13.2.